The van der Waals surface area contributed by atoms with Crippen LogP contribution < -0.4 is 0 Å². The maximum atomic E-state index is 9.87. The van der Waals surface area contributed by atoms with Crippen molar-refractivity contribution in [3.05, 3.63) is 6.92 Å². The first-order valence-corrected chi connectivity index (χ1v) is 4.85. The molecule has 2 nitrogen and oxygen atoms in total. The van der Waals surface area contributed by atoms with Gasteiger partial charge >= 0.3 is 0 Å². The van der Waals surface area contributed by atoms with Crippen LogP contribution in [0.2, 0.25) is 0 Å². The van der Waals surface area contributed by atoms with Gasteiger partial charge < -0.3 is 10.2 Å². The molecule has 0 aromatic heterocycles. The van der Waals surface area contributed by atoms with Crippen molar-refractivity contribution < 1.29 is 10.2 Å². The maximum Gasteiger partial charge on any atom is 0.0698 e. The standard InChI is InChI=1S/C10H19O2/c1-10(12,7-8-11)9-5-3-2-4-6-9/h9,11-12H,1-8H2. The van der Waals surface area contributed by atoms with Crippen LogP contribution in [0.4, 0.5) is 0 Å². The summed E-state index contributed by atoms with van der Waals surface area (Å²) >= 11 is 0. The van der Waals surface area contributed by atoms with Crippen molar-refractivity contribution in [2.45, 2.75) is 44.1 Å². The van der Waals surface area contributed by atoms with E-state index in [1.807, 2.05) is 0 Å². The molecule has 1 aliphatic rings. The highest BCUT2D eigenvalue weighted by atomic mass is 16.3. The number of hydrogen-bond acceptors (Lipinski definition) is 2. The lowest BCUT2D eigenvalue weighted by Gasteiger charge is -2.35. The van der Waals surface area contributed by atoms with Crippen LogP contribution in [0.3, 0.4) is 0 Å². The first-order chi connectivity index (χ1) is 5.67. The highest BCUT2D eigenvalue weighted by molar-refractivity contribution is 4.89. The van der Waals surface area contributed by atoms with Crippen LogP contribution in [0.25, 0.3) is 0 Å². The Morgan fingerprint density at radius 2 is 1.83 bits per heavy atom. The van der Waals surface area contributed by atoms with Gasteiger partial charge in [0.05, 0.1) is 5.60 Å². The molecule has 1 saturated carbocycles. The van der Waals surface area contributed by atoms with Gasteiger partial charge in [-0.2, -0.15) is 0 Å². The summed E-state index contributed by atoms with van der Waals surface area (Å²) in [5.41, 5.74) is -0.880. The fourth-order valence-electron chi connectivity index (χ4n) is 2.04. The van der Waals surface area contributed by atoms with Crippen molar-refractivity contribution in [3.63, 3.8) is 0 Å². The molecule has 0 heterocycles. The van der Waals surface area contributed by atoms with E-state index in [9.17, 15) is 5.11 Å². The Balaban J connectivity index is 2.41. The largest absolute Gasteiger partial charge is 0.396 e. The Labute approximate surface area is 74.6 Å². The number of hydrogen-bond donors (Lipinski definition) is 2. The van der Waals surface area contributed by atoms with Crippen molar-refractivity contribution in [2.75, 3.05) is 6.61 Å². The van der Waals surface area contributed by atoms with Gasteiger partial charge in [0.1, 0.15) is 0 Å². The molecule has 0 spiro atoms. The van der Waals surface area contributed by atoms with Crippen molar-refractivity contribution in [1.29, 1.82) is 0 Å². The lowest BCUT2D eigenvalue weighted by molar-refractivity contribution is -0.0112. The van der Waals surface area contributed by atoms with Gasteiger partial charge in [-0.3, -0.25) is 0 Å². The van der Waals surface area contributed by atoms with Crippen LogP contribution in [0.5, 0.6) is 0 Å². The second-order valence-electron chi connectivity index (χ2n) is 3.91. The van der Waals surface area contributed by atoms with Crippen LogP contribution in [-0.4, -0.2) is 22.4 Å². The first kappa shape index (κ1) is 10.0. The first-order valence-electron chi connectivity index (χ1n) is 4.85. The second-order valence-corrected chi connectivity index (χ2v) is 3.91. The van der Waals surface area contributed by atoms with Crippen LogP contribution in [0.1, 0.15) is 38.5 Å². The van der Waals surface area contributed by atoms with E-state index < -0.39 is 5.60 Å². The smallest absolute Gasteiger partial charge is 0.0698 e. The van der Waals surface area contributed by atoms with Crippen molar-refractivity contribution >= 4 is 0 Å². The Bertz CT molecular complexity index is 126. The number of aliphatic hydroxyl groups excluding tert-OH is 1. The van der Waals surface area contributed by atoms with E-state index >= 15 is 0 Å². The molecule has 1 radical (unpaired) electrons. The lowest BCUT2D eigenvalue weighted by Crippen LogP contribution is -2.37. The summed E-state index contributed by atoms with van der Waals surface area (Å²) in [5.74, 6) is 0.304. The molecule has 1 rings (SSSR count). The third kappa shape index (κ3) is 2.46. The highest BCUT2D eigenvalue weighted by Crippen LogP contribution is 2.33. The van der Waals surface area contributed by atoms with Crippen LogP contribution in [-0.2, 0) is 0 Å². The van der Waals surface area contributed by atoms with E-state index in [2.05, 4.69) is 6.92 Å². The minimum atomic E-state index is -0.880. The molecule has 0 amide bonds. The van der Waals surface area contributed by atoms with Gasteiger partial charge in [-0.05, 0) is 32.1 Å². The second kappa shape index (κ2) is 4.24. The molecule has 1 unspecified atom stereocenters. The zero-order valence-electron chi connectivity index (χ0n) is 7.63. The molecule has 0 aromatic rings. The zero-order chi connectivity index (χ0) is 9.03. The van der Waals surface area contributed by atoms with Gasteiger partial charge in [0, 0.05) is 6.61 Å². The van der Waals surface area contributed by atoms with Gasteiger partial charge in [-0.25, -0.2) is 0 Å². The Morgan fingerprint density at radius 1 is 1.25 bits per heavy atom. The summed E-state index contributed by atoms with van der Waals surface area (Å²) in [6.07, 6.45) is 6.24. The predicted molar refractivity (Wildman–Crippen MR) is 48.6 cm³/mol. The maximum absolute atomic E-state index is 9.87. The SMILES string of the molecule is [CH2]C(O)(CCO)C1CCCCC1. The topological polar surface area (TPSA) is 40.5 Å². The molecule has 0 saturated heterocycles. The average molecular weight is 171 g/mol. The summed E-state index contributed by atoms with van der Waals surface area (Å²) in [6.45, 7) is 3.82. The third-order valence-corrected chi connectivity index (χ3v) is 2.91. The van der Waals surface area contributed by atoms with Gasteiger partial charge in [0.15, 0.2) is 0 Å². The van der Waals surface area contributed by atoms with E-state index in [1.54, 1.807) is 0 Å². The summed E-state index contributed by atoms with van der Waals surface area (Å²) < 4.78 is 0. The fraction of sp³-hybridized carbons (Fsp3) is 0.900. The van der Waals surface area contributed by atoms with Crippen molar-refractivity contribution in [3.8, 4) is 0 Å². The zero-order valence-corrected chi connectivity index (χ0v) is 7.63. The van der Waals surface area contributed by atoms with E-state index in [0.29, 0.717) is 12.3 Å². The molecule has 0 aliphatic heterocycles. The van der Waals surface area contributed by atoms with Crippen molar-refractivity contribution in [1.82, 2.24) is 0 Å². The van der Waals surface area contributed by atoms with Gasteiger partial charge in [0.2, 0.25) is 0 Å². The lowest BCUT2D eigenvalue weighted by atomic mass is 9.76. The summed E-state index contributed by atoms with van der Waals surface area (Å²) in [4.78, 5) is 0. The monoisotopic (exact) mass is 171 g/mol. The number of rotatable bonds is 3. The van der Waals surface area contributed by atoms with E-state index in [1.165, 1.54) is 19.3 Å². The molecule has 1 fully saturated rings. The Morgan fingerprint density at radius 3 is 2.33 bits per heavy atom. The normalized spacial score (nSPS) is 25.2. The van der Waals surface area contributed by atoms with Crippen LogP contribution in [0.15, 0.2) is 0 Å². The molecule has 2 N–H and O–H groups in total. The molecule has 0 bridgehead atoms. The molecule has 1 aliphatic carbocycles. The quantitative estimate of drug-likeness (QED) is 0.675. The predicted octanol–water partition coefficient (Wildman–Crippen LogP) is 1.51. The molecule has 12 heavy (non-hydrogen) atoms. The molecule has 0 aromatic carbocycles. The highest BCUT2D eigenvalue weighted by Gasteiger charge is 2.31. The minimum absolute atomic E-state index is 0.0382. The Hall–Kier alpha value is -0.0800. The van der Waals surface area contributed by atoms with Crippen molar-refractivity contribution in [2.24, 2.45) is 5.92 Å². The summed E-state index contributed by atoms with van der Waals surface area (Å²) in [7, 11) is 0. The Kier molecular flexibility index (Phi) is 3.53. The molecule has 2 heteroatoms. The number of aliphatic hydroxyl groups is 2. The molecule has 71 valence electrons. The van der Waals surface area contributed by atoms with Crippen LogP contribution in [0, 0.1) is 12.8 Å². The van der Waals surface area contributed by atoms with Crippen LogP contribution >= 0.6 is 0 Å². The van der Waals surface area contributed by atoms with Gasteiger partial charge in [-0.15, -0.1) is 0 Å². The fourth-order valence-corrected chi connectivity index (χ4v) is 2.04. The van der Waals surface area contributed by atoms with E-state index in [0.717, 1.165) is 12.8 Å². The summed E-state index contributed by atoms with van der Waals surface area (Å²) in [5, 5.41) is 18.6. The van der Waals surface area contributed by atoms with E-state index in [4.69, 9.17) is 5.11 Å². The molecular formula is C10H19O2. The third-order valence-electron chi connectivity index (χ3n) is 2.91. The van der Waals surface area contributed by atoms with Gasteiger partial charge in [-0.1, -0.05) is 19.3 Å². The van der Waals surface area contributed by atoms with E-state index in [-0.39, 0.29) is 6.61 Å². The average Bonchev–Trinajstić information content (AvgIpc) is 2.06. The molecular weight excluding hydrogens is 152 g/mol. The minimum Gasteiger partial charge on any atom is -0.396 e. The summed E-state index contributed by atoms with van der Waals surface area (Å²) in [6, 6.07) is 0. The van der Waals surface area contributed by atoms with Gasteiger partial charge in [0.25, 0.3) is 0 Å². The molecule has 1 atom stereocenters.